The Hall–Kier alpha value is -1.86. The molecule has 7 nitrogen and oxygen atoms in total. The highest BCUT2D eigenvalue weighted by molar-refractivity contribution is 6.29. The molecule has 0 atom stereocenters. The first-order chi connectivity index (χ1) is 11.0. The van der Waals surface area contributed by atoms with Crippen LogP contribution in [0.25, 0.3) is 0 Å². The summed E-state index contributed by atoms with van der Waals surface area (Å²) in [6.07, 6.45) is 2.58. The van der Waals surface area contributed by atoms with Crippen molar-refractivity contribution in [3.05, 3.63) is 34.7 Å². The fraction of sp³-hybridized carbons (Fsp3) is 0.533. The van der Waals surface area contributed by atoms with Gasteiger partial charge in [-0.15, -0.1) is 0 Å². The van der Waals surface area contributed by atoms with Crippen LogP contribution in [0.15, 0.2) is 16.8 Å². The summed E-state index contributed by atoms with van der Waals surface area (Å²) < 4.78 is 6.96. The molecule has 3 rings (SSSR count). The van der Waals surface area contributed by atoms with Crippen LogP contribution in [0.5, 0.6) is 0 Å². The van der Waals surface area contributed by atoms with E-state index in [0.29, 0.717) is 17.5 Å². The van der Waals surface area contributed by atoms with Crippen molar-refractivity contribution in [3.8, 4) is 0 Å². The number of hydrogen-bond acceptors (Lipinski definition) is 5. The Morgan fingerprint density at radius 3 is 2.83 bits per heavy atom. The van der Waals surface area contributed by atoms with E-state index < -0.39 is 0 Å². The molecular weight excluding hydrogens is 318 g/mol. The van der Waals surface area contributed by atoms with Gasteiger partial charge in [0.05, 0.1) is 18.4 Å². The predicted molar refractivity (Wildman–Crippen MR) is 85.3 cm³/mol. The van der Waals surface area contributed by atoms with Crippen molar-refractivity contribution in [3.63, 3.8) is 0 Å². The maximum absolute atomic E-state index is 12.4. The van der Waals surface area contributed by atoms with E-state index in [-0.39, 0.29) is 5.91 Å². The Bertz CT molecular complexity index is 696. The molecule has 1 aliphatic heterocycles. The molecule has 23 heavy (non-hydrogen) atoms. The minimum atomic E-state index is -0.0903. The van der Waals surface area contributed by atoms with Gasteiger partial charge in [-0.2, -0.15) is 0 Å². The van der Waals surface area contributed by atoms with Crippen LogP contribution in [-0.2, 0) is 13.6 Å². The molecular formula is C15H20ClN5O2. The first kappa shape index (κ1) is 16.0. The number of carbonyl (C=O) groups is 1. The van der Waals surface area contributed by atoms with E-state index in [9.17, 15) is 4.79 Å². The van der Waals surface area contributed by atoms with Gasteiger partial charge in [-0.3, -0.25) is 9.69 Å². The standard InChI is InChI=1S/C15H20ClN5O2/c1-11-8-12(23-18-11)15(22)21-5-3-4-20(6-7-21)10-14-17-9-13(16)19(14)2/h8-9H,3-7,10H2,1-2H3. The maximum atomic E-state index is 12.4. The molecule has 0 N–H and O–H groups in total. The Labute approximate surface area is 139 Å². The van der Waals surface area contributed by atoms with Crippen molar-refractivity contribution in [2.24, 2.45) is 7.05 Å². The van der Waals surface area contributed by atoms with E-state index in [0.717, 1.165) is 44.1 Å². The molecule has 1 saturated heterocycles. The van der Waals surface area contributed by atoms with Crippen LogP contribution in [0.3, 0.4) is 0 Å². The highest BCUT2D eigenvalue weighted by Gasteiger charge is 2.23. The average molecular weight is 338 g/mol. The lowest BCUT2D eigenvalue weighted by atomic mass is 10.3. The van der Waals surface area contributed by atoms with Gasteiger partial charge < -0.3 is 14.0 Å². The minimum absolute atomic E-state index is 0.0903. The zero-order valence-corrected chi connectivity index (χ0v) is 14.1. The second-order valence-corrected chi connectivity index (χ2v) is 6.20. The van der Waals surface area contributed by atoms with Gasteiger partial charge >= 0.3 is 0 Å². The number of hydrogen-bond donors (Lipinski definition) is 0. The fourth-order valence-electron chi connectivity index (χ4n) is 2.72. The van der Waals surface area contributed by atoms with Crippen molar-refractivity contribution in [1.82, 2.24) is 24.5 Å². The maximum Gasteiger partial charge on any atom is 0.292 e. The molecule has 1 aliphatic rings. The molecule has 0 spiro atoms. The number of imidazole rings is 1. The molecule has 1 amide bonds. The van der Waals surface area contributed by atoms with Gasteiger partial charge in [-0.25, -0.2) is 4.98 Å². The molecule has 1 fully saturated rings. The lowest BCUT2D eigenvalue weighted by molar-refractivity contribution is 0.0719. The summed E-state index contributed by atoms with van der Waals surface area (Å²) in [7, 11) is 1.91. The molecule has 3 heterocycles. The van der Waals surface area contributed by atoms with Crippen LogP contribution in [0, 0.1) is 6.92 Å². The first-order valence-electron chi connectivity index (χ1n) is 7.65. The van der Waals surface area contributed by atoms with Gasteiger partial charge in [0.2, 0.25) is 5.76 Å². The monoisotopic (exact) mass is 337 g/mol. The van der Waals surface area contributed by atoms with Crippen molar-refractivity contribution in [1.29, 1.82) is 0 Å². The number of rotatable bonds is 3. The minimum Gasteiger partial charge on any atom is -0.351 e. The van der Waals surface area contributed by atoms with E-state index in [2.05, 4.69) is 15.0 Å². The lowest BCUT2D eigenvalue weighted by Crippen LogP contribution is -2.35. The third-order valence-corrected chi connectivity index (χ3v) is 4.46. The topological polar surface area (TPSA) is 67.4 Å². The largest absolute Gasteiger partial charge is 0.351 e. The first-order valence-corrected chi connectivity index (χ1v) is 8.03. The van der Waals surface area contributed by atoms with E-state index in [1.165, 1.54) is 0 Å². The van der Waals surface area contributed by atoms with Crippen LogP contribution in [0.4, 0.5) is 0 Å². The van der Waals surface area contributed by atoms with E-state index in [4.69, 9.17) is 16.1 Å². The van der Waals surface area contributed by atoms with E-state index in [1.54, 1.807) is 12.3 Å². The quantitative estimate of drug-likeness (QED) is 0.853. The number of carbonyl (C=O) groups excluding carboxylic acids is 1. The molecule has 0 unspecified atom stereocenters. The third-order valence-electron chi connectivity index (χ3n) is 4.11. The van der Waals surface area contributed by atoms with Gasteiger partial charge in [0.1, 0.15) is 11.0 Å². The molecule has 0 radical (unpaired) electrons. The van der Waals surface area contributed by atoms with Crippen molar-refractivity contribution >= 4 is 17.5 Å². The molecule has 124 valence electrons. The van der Waals surface area contributed by atoms with Crippen LogP contribution in [-0.4, -0.2) is 56.6 Å². The Morgan fingerprint density at radius 1 is 1.35 bits per heavy atom. The Morgan fingerprint density at radius 2 is 2.17 bits per heavy atom. The highest BCUT2D eigenvalue weighted by Crippen LogP contribution is 2.14. The third kappa shape index (κ3) is 3.56. The Kier molecular flexibility index (Phi) is 4.68. The van der Waals surface area contributed by atoms with Crippen molar-refractivity contribution < 1.29 is 9.32 Å². The van der Waals surface area contributed by atoms with Gasteiger partial charge in [-0.1, -0.05) is 16.8 Å². The normalized spacial score (nSPS) is 16.6. The Balaban J connectivity index is 1.61. The number of aromatic nitrogens is 3. The summed E-state index contributed by atoms with van der Waals surface area (Å²) in [5.74, 6) is 1.15. The lowest BCUT2D eigenvalue weighted by Gasteiger charge is -2.21. The summed E-state index contributed by atoms with van der Waals surface area (Å²) in [4.78, 5) is 20.9. The van der Waals surface area contributed by atoms with Crippen LogP contribution < -0.4 is 0 Å². The number of amides is 1. The number of halogens is 1. The van der Waals surface area contributed by atoms with Crippen LogP contribution in [0.2, 0.25) is 5.15 Å². The van der Waals surface area contributed by atoms with Gasteiger partial charge in [-0.05, 0) is 13.3 Å². The zero-order valence-electron chi connectivity index (χ0n) is 13.3. The van der Waals surface area contributed by atoms with E-state index in [1.807, 2.05) is 23.4 Å². The van der Waals surface area contributed by atoms with Gasteiger partial charge in [0, 0.05) is 39.3 Å². The number of aryl methyl sites for hydroxylation is 1. The van der Waals surface area contributed by atoms with Gasteiger partial charge in [0.25, 0.3) is 5.91 Å². The summed E-state index contributed by atoms with van der Waals surface area (Å²) in [6, 6.07) is 1.68. The van der Waals surface area contributed by atoms with Gasteiger partial charge in [0.15, 0.2) is 0 Å². The molecule has 0 aliphatic carbocycles. The second-order valence-electron chi connectivity index (χ2n) is 5.81. The molecule has 0 aromatic carbocycles. The average Bonchev–Trinajstić information content (AvgIpc) is 3.00. The van der Waals surface area contributed by atoms with Crippen LogP contribution in [0.1, 0.15) is 28.5 Å². The van der Waals surface area contributed by atoms with Crippen molar-refractivity contribution in [2.75, 3.05) is 26.2 Å². The van der Waals surface area contributed by atoms with Crippen LogP contribution >= 0.6 is 11.6 Å². The summed E-state index contributed by atoms with van der Waals surface area (Å²) in [5, 5.41) is 4.41. The molecule has 8 heteroatoms. The molecule has 0 bridgehead atoms. The zero-order chi connectivity index (χ0) is 16.4. The molecule has 2 aromatic heterocycles. The summed E-state index contributed by atoms with van der Waals surface area (Å²) >= 11 is 6.03. The molecule has 0 saturated carbocycles. The smallest absolute Gasteiger partial charge is 0.292 e. The summed E-state index contributed by atoms with van der Waals surface area (Å²) in [5.41, 5.74) is 0.719. The van der Waals surface area contributed by atoms with Crippen molar-refractivity contribution in [2.45, 2.75) is 19.9 Å². The fourth-order valence-corrected chi connectivity index (χ4v) is 2.87. The SMILES string of the molecule is Cc1cc(C(=O)N2CCCN(Cc3ncc(Cl)n3C)CC2)on1. The second kappa shape index (κ2) is 6.72. The highest BCUT2D eigenvalue weighted by atomic mass is 35.5. The molecule has 2 aromatic rings. The van der Waals surface area contributed by atoms with E-state index >= 15 is 0 Å². The summed E-state index contributed by atoms with van der Waals surface area (Å²) in [6.45, 7) is 5.63. The number of nitrogens with zero attached hydrogens (tertiary/aromatic N) is 5. The predicted octanol–water partition coefficient (Wildman–Crippen LogP) is 1.72.